The van der Waals surface area contributed by atoms with Gasteiger partial charge in [0.1, 0.15) is 36.8 Å². The number of allylic oxidation sites excluding steroid dienone is 3. The van der Waals surface area contributed by atoms with Gasteiger partial charge in [0.25, 0.3) is 0 Å². The highest BCUT2D eigenvalue weighted by molar-refractivity contribution is 5.91. The van der Waals surface area contributed by atoms with Crippen molar-refractivity contribution >= 4 is 18.0 Å². The van der Waals surface area contributed by atoms with E-state index in [2.05, 4.69) is 0 Å². The summed E-state index contributed by atoms with van der Waals surface area (Å²) in [5.41, 5.74) is 0.722. The van der Waals surface area contributed by atoms with Crippen molar-refractivity contribution in [3.8, 4) is 0 Å². The molecule has 0 aromatic rings. The number of aliphatic hydroxyl groups is 3. The molecule has 53 heavy (non-hydrogen) atoms. The van der Waals surface area contributed by atoms with Crippen LogP contribution in [0.1, 0.15) is 73.6 Å². The number of carbonyl (C=O) groups excluding carboxylic acids is 3. The van der Waals surface area contributed by atoms with E-state index in [1.807, 2.05) is 45.8 Å². The molecule has 3 aliphatic heterocycles. The molecule has 14 heteroatoms. The molecular formula is C39H65NO13. The SMILES string of the molecule is CCC1OC(=O)CC(O)C(C)C(OC2OC(C)CC(N(C)C)C2O)C(CC=O)CC(C)C(=O)C=CC(C)=CC1COC1OC(C)C(O)C(OC)C1OC. The van der Waals surface area contributed by atoms with Crippen LogP contribution in [0.2, 0.25) is 0 Å². The summed E-state index contributed by atoms with van der Waals surface area (Å²) < 4.78 is 41.9. The highest BCUT2D eigenvalue weighted by Gasteiger charge is 2.46. The second-order valence-corrected chi connectivity index (χ2v) is 15.3. The van der Waals surface area contributed by atoms with E-state index in [0.717, 1.165) is 11.9 Å². The first-order valence-electron chi connectivity index (χ1n) is 18.9. The Balaban J connectivity index is 1.95. The number of aliphatic hydroxyl groups excluding tert-OH is 3. The summed E-state index contributed by atoms with van der Waals surface area (Å²) in [5, 5.41) is 33.4. The molecular weight excluding hydrogens is 690 g/mol. The van der Waals surface area contributed by atoms with Crippen LogP contribution in [0.4, 0.5) is 0 Å². The summed E-state index contributed by atoms with van der Waals surface area (Å²) in [4.78, 5) is 41.0. The van der Waals surface area contributed by atoms with Crippen LogP contribution >= 0.6 is 0 Å². The second-order valence-electron chi connectivity index (χ2n) is 15.3. The molecule has 3 heterocycles. The fourth-order valence-corrected chi connectivity index (χ4v) is 7.68. The molecule has 0 aromatic heterocycles. The lowest BCUT2D eigenvalue weighted by molar-refractivity contribution is -0.304. The number of aldehydes is 1. The molecule has 304 valence electrons. The van der Waals surface area contributed by atoms with E-state index < -0.39 is 91.1 Å². The molecule has 3 N–H and O–H groups in total. The number of likely N-dealkylation sites (N-methyl/N-ethyl adjacent to an activating group) is 1. The van der Waals surface area contributed by atoms with Crippen LogP contribution in [0.25, 0.3) is 0 Å². The lowest BCUT2D eigenvalue weighted by Gasteiger charge is -2.44. The average molecular weight is 756 g/mol. The molecule has 0 aromatic carbocycles. The predicted molar refractivity (Wildman–Crippen MR) is 194 cm³/mol. The molecule has 0 bridgehead atoms. The zero-order valence-electron chi connectivity index (χ0n) is 33.2. The summed E-state index contributed by atoms with van der Waals surface area (Å²) in [7, 11) is 6.68. The van der Waals surface area contributed by atoms with Crippen molar-refractivity contribution in [3.05, 3.63) is 23.8 Å². The van der Waals surface area contributed by atoms with Crippen LogP contribution in [0, 0.1) is 23.7 Å². The van der Waals surface area contributed by atoms with E-state index in [1.54, 1.807) is 26.8 Å². The van der Waals surface area contributed by atoms with Crippen molar-refractivity contribution in [2.75, 3.05) is 34.9 Å². The maximum absolute atomic E-state index is 13.5. The van der Waals surface area contributed by atoms with Crippen LogP contribution in [-0.4, -0.2) is 147 Å². The summed E-state index contributed by atoms with van der Waals surface area (Å²) in [6.45, 7) is 10.8. The Morgan fingerprint density at radius 3 is 2.21 bits per heavy atom. The van der Waals surface area contributed by atoms with Crippen molar-refractivity contribution in [3.63, 3.8) is 0 Å². The van der Waals surface area contributed by atoms with Crippen LogP contribution in [-0.2, 0) is 47.5 Å². The first-order valence-corrected chi connectivity index (χ1v) is 18.9. The first kappa shape index (κ1) is 45.3. The fourth-order valence-electron chi connectivity index (χ4n) is 7.68. The van der Waals surface area contributed by atoms with E-state index in [4.69, 9.17) is 33.2 Å². The van der Waals surface area contributed by atoms with E-state index in [9.17, 15) is 29.7 Å². The summed E-state index contributed by atoms with van der Waals surface area (Å²) in [6.07, 6.45) is -2.33. The van der Waals surface area contributed by atoms with Gasteiger partial charge in [-0.1, -0.05) is 38.5 Å². The number of nitrogens with zero attached hydrogens (tertiary/aromatic N) is 1. The van der Waals surface area contributed by atoms with Gasteiger partial charge in [-0.2, -0.15) is 0 Å². The quantitative estimate of drug-likeness (QED) is 0.207. The Hall–Kier alpha value is -2.11. The van der Waals surface area contributed by atoms with Gasteiger partial charge in [0, 0.05) is 44.4 Å². The summed E-state index contributed by atoms with van der Waals surface area (Å²) in [5.74, 6) is -3.10. The highest BCUT2D eigenvalue weighted by Crippen LogP contribution is 2.34. The zero-order chi connectivity index (χ0) is 39.6. The molecule has 3 rings (SSSR count). The van der Waals surface area contributed by atoms with Crippen molar-refractivity contribution in [2.45, 2.75) is 147 Å². The number of cyclic esters (lactones) is 1. The largest absolute Gasteiger partial charge is 0.462 e. The monoisotopic (exact) mass is 755 g/mol. The van der Waals surface area contributed by atoms with Gasteiger partial charge in [0.2, 0.25) is 0 Å². The minimum absolute atomic E-state index is 0.0268. The Kier molecular flexibility index (Phi) is 18.2. The normalized spacial score (nSPS) is 41.2. The minimum atomic E-state index is -1.26. The second kappa shape index (κ2) is 21.3. The third-order valence-corrected chi connectivity index (χ3v) is 11.0. The fraction of sp³-hybridized carbons (Fsp3) is 0.821. The number of ether oxygens (including phenoxy) is 7. The smallest absolute Gasteiger partial charge is 0.308 e. The Bertz CT molecular complexity index is 1230. The van der Waals surface area contributed by atoms with E-state index in [1.165, 1.54) is 20.3 Å². The van der Waals surface area contributed by atoms with Gasteiger partial charge in [-0.25, -0.2) is 0 Å². The van der Waals surface area contributed by atoms with E-state index in [0.29, 0.717) is 12.8 Å². The Morgan fingerprint density at radius 2 is 1.60 bits per heavy atom. The molecule has 2 fully saturated rings. The third-order valence-electron chi connectivity index (χ3n) is 11.0. The highest BCUT2D eigenvalue weighted by atomic mass is 16.7. The lowest BCUT2D eigenvalue weighted by Crippen LogP contribution is -2.59. The van der Waals surface area contributed by atoms with Gasteiger partial charge in [0.05, 0.1) is 37.4 Å². The van der Waals surface area contributed by atoms with Gasteiger partial charge in [-0.3, -0.25) is 9.59 Å². The Labute approximate surface area is 315 Å². The molecule has 0 spiro atoms. The Morgan fingerprint density at radius 1 is 0.925 bits per heavy atom. The molecule has 0 amide bonds. The molecule has 14 nitrogen and oxygen atoms in total. The van der Waals surface area contributed by atoms with Gasteiger partial charge >= 0.3 is 5.97 Å². The number of ketones is 1. The van der Waals surface area contributed by atoms with E-state index >= 15 is 0 Å². The molecule has 0 saturated carbocycles. The standard InChI is InChI=1S/C39H65NO13/c1-11-31-27(20-49-39-37(48-10)36(47-9)33(45)25(6)51-39)16-21(2)12-13-29(42)22(3)17-26(14-15-41)35(24(5)30(43)19-32(44)52-31)53-38-34(46)28(40(7)8)18-23(4)50-38/h12-13,15-16,22-28,30-31,33-39,43,45-46H,11,14,17-20H2,1-10H3. The number of methoxy groups -OCH3 is 2. The molecule has 0 radical (unpaired) electrons. The molecule has 0 aliphatic carbocycles. The number of esters is 1. The van der Waals surface area contributed by atoms with Crippen molar-refractivity contribution < 1.29 is 62.9 Å². The molecule has 2 saturated heterocycles. The first-order chi connectivity index (χ1) is 25.1. The third kappa shape index (κ3) is 12.2. The van der Waals surface area contributed by atoms with Gasteiger partial charge in [0.15, 0.2) is 18.4 Å². The van der Waals surface area contributed by atoms with Crippen molar-refractivity contribution in [1.82, 2.24) is 4.90 Å². The molecule has 3 aliphatic rings. The summed E-state index contributed by atoms with van der Waals surface area (Å²) >= 11 is 0. The van der Waals surface area contributed by atoms with Crippen LogP contribution in [0.15, 0.2) is 23.8 Å². The average Bonchev–Trinajstić information content (AvgIpc) is 3.11. The van der Waals surface area contributed by atoms with Gasteiger partial charge in [-0.15, -0.1) is 0 Å². The maximum atomic E-state index is 13.5. The topological polar surface area (TPSA) is 180 Å². The number of hydrogen-bond acceptors (Lipinski definition) is 14. The minimum Gasteiger partial charge on any atom is -0.462 e. The number of hydrogen-bond donors (Lipinski definition) is 3. The van der Waals surface area contributed by atoms with Gasteiger partial charge < -0.3 is 58.2 Å². The predicted octanol–water partition coefficient (Wildman–Crippen LogP) is 2.59. The number of rotatable bonds is 11. The molecule has 16 atom stereocenters. The van der Waals surface area contributed by atoms with Crippen LogP contribution in [0.5, 0.6) is 0 Å². The van der Waals surface area contributed by atoms with Crippen molar-refractivity contribution in [1.29, 1.82) is 0 Å². The maximum Gasteiger partial charge on any atom is 0.308 e. The van der Waals surface area contributed by atoms with E-state index in [-0.39, 0.29) is 43.8 Å². The zero-order valence-corrected chi connectivity index (χ0v) is 33.2. The van der Waals surface area contributed by atoms with Crippen LogP contribution in [0.3, 0.4) is 0 Å². The summed E-state index contributed by atoms with van der Waals surface area (Å²) in [6, 6.07) is -0.263. The van der Waals surface area contributed by atoms with Gasteiger partial charge in [-0.05, 0) is 66.1 Å². The lowest BCUT2D eigenvalue weighted by atomic mass is 9.79. The van der Waals surface area contributed by atoms with Crippen molar-refractivity contribution in [2.24, 2.45) is 23.7 Å². The van der Waals surface area contributed by atoms with Crippen LogP contribution < -0.4 is 0 Å². The molecule has 16 unspecified atom stereocenters. The number of carbonyl (C=O) groups is 3.